The summed E-state index contributed by atoms with van der Waals surface area (Å²) in [7, 11) is 0. The van der Waals surface area contributed by atoms with Crippen LogP contribution in [-0.2, 0) is 0 Å². The Morgan fingerprint density at radius 1 is 1.41 bits per heavy atom. The van der Waals surface area contributed by atoms with E-state index in [-0.39, 0.29) is 11.9 Å². The molecule has 0 bridgehead atoms. The first-order valence-electron chi connectivity index (χ1n) is 6.04. The standard InChI is InChI=1S/C13H19N3O/c1-9-2-3-12(14)11(8-9)13(17)16-10-4-6-15-7-5-10/h2-3,8,10,15H,4-7,14H2,1H3,(H,16,17). The van der Waals surface area contributed by atoms with Crippen molar-refractivity contribution >= 4 is 11.6 Å². The van der Waals surface area contributed by atoms with Crippen LogP contribution in [0.15, 0.2) is 18.2 Å². The number of anilines is 1. The van der Waals surface area contributed by atoms with Crippen molar-refractivity contribution in [3.8, 4) is 0 Å². The van der Waals surface area contributed by atoms with E-state index in [0.29, 0.717) is 11.3 Å². The highest BCUT2D eigenvalue weighted by Gasteiger charge is 2.17. The molecule has 92 valence electrons. The molecule has 1 aliphatic heterocycles. The minimum absolute atomic E-state index is 0.0573. The minimum atomic E-state index is -0.0573. The summed E-state index contributed by atoms with van der Waals surface area (Å²) in [6.45, 7) is 3.89. The molecule has 0 atom stereocenters. The van der Waals surface area contributed by atoms with Gasteiger partial charge in [-0.2, -0.15) is 0 Å². The van der Waals surface area contributed by atoms with E-state index in [4.69, 9.17) is 5.73 Å². The van der Waals surface area contributed by atoms with E-state index in [1.807, 2.05) is 19.1 Å². The van der Waals surface area contributed by atoms with Gasteiger partial charge in [-0.05, 0) is 45.0 Å². The summed E-state index contributed by atoms with van der Waals surface area (Å²) in [5, 5.41) is 6.32. The number of amides is 1. The topological polar surface area (TPSA) is 67.2 Å². The van der Waals surface area contributed by atoms with Crippen molar-refractivity contribution in [2.45, 2.75) is 25.8 Å². The van der Waals surface area contributed by atoms with Crippen LogP contribution in [0.1, 0.15) is 28.8 Å². The van der Waals surface area contributed by atoms with Crippen molar-refractivity contribution in [2.24, 2.45) is 0 Å². The van der Waals surface area contributed by atoms with Gasteiger partial charge in [0.2, 0.25) is 0 Å². The Labute approximate surface area is 102 Å². The van der Waals surface area contributed by atoms with Gasteiger partial charge < -0.3 is 16.4 Å². The van der Waals surface area contributed by atoms with Crippen LogP contribution in [0, 0.1) is 6.92 Å². The van der Waals surface area contributed by atoms with Crippen LogP contribution in [-0.4, -0.2) is 25.0 Å². The molecule has 4 N–H and O–H groups in total. The summed E-state index contributed by atoms with van der Waals surface area (Å²) in [6.07, 6.45) is 1.97. The van der Waals surface area contributed by atoms with Crippen LogP contribution in [0.25, 0.3) is 0 Å². The molecule has 0 saturated carbocycles. The SMILES string of the molecule is Cc1ccc(N)c(C(=O)NC2CCNCC2)c1. The van der Waals surface area contributed by atoms with E-state index in [0.717, 1.165) is 31.5 Å². The number of rotatable bonds is 2. The molecule has 1 heterocycles. The van der Waals surface area contributed by atoms with Crippen molar-refractivity contribution in [3.05, 3.63) is 29.3 Å². The molecule has 0 aromatic heterocycles. The van der Waals surface area contributed by atoms with Gasteiger partial charge in [0.25, 0.3) is 5.91 Å². The molecule has 1 saturated heterocycles. The molecular formula is C13H19N3O. The zero-order valence-electron chi connectivity index (χ0n) is 10.1. The maximum Gasteiger partial charge on any atom is 0.253 e. The molecule has 2 rings (SSSR count). The van der Waals surface area contributed by atoms with Crippen LogP contribution >= 0.6 is 0 Å². The monoisotopic (exact) mass is 233 g/mol. The number of hydrogen-bond acceptors (Lipinski definition) is 3. The molecule has 1 amide bonds. The van der Waals surface area contributed by atoms with Crippen molar-refractivity contribution in [1.82, 2.24) is 10.6 Å². The largest absolute Gasteiger partial charge is 0.398 e. The molecule has 0 spiro atoms. The van der Waals surface area contributed by atoms with E-state index in [9.17, 15) is 4.79 Å². The highest BCUT2D eigenvalue weighted by molar-refractivity contribution is 5.99. The van der Waals surface area contributed by atoms with Crippen LogP contribution < -0.4 is 16.4 Å². The number of aryl methyl sites for hydroxylation is 1. The third kappa shape index (κ3) is 2.97. The highest BCUT2D eigenvalue weighted by atomic mass is 16.1. The second kappa shape index (κ2) is 5.19. The summed E-state index contributed by atoms with van der Waals surface area (Å²) in [5.41, 5.74) is 8.00. The van der Waals surface area contributed by atoms with Gasteiger partial charge in [-0.3, -0.25) is 4.79 Å². The number of nitrogens with two attached hydrogens (primary N) is 1. The fourth-order valence-corrected chi connectivity index (χ4v) is 2.10. The molecule has 1 aromatic rings. The number of benzene rings is 1. The summed E-state index contributed by atoms with van der Waals surface area (Å²) in [4.78, 5) is 12.1. The number of carbonyl (C=O) groups excluding carboxylic acids is 1. The lowest BCUT2D eigenvalue weighted by atomic mass is 10.0. The van der Waals surface area contributed by atoms with E-state index in [2.05, 4.69) is 10.6 Å². The Morgan fingerprint density at radius 3 is 2.82 bits per heavy atom. The lowest BCUT2D eigenvalue weighted by Crippen LogP contribution is -2.42. The van der Waals surface area contributed by atoms with Crippen molar-refractivity contribution in [2.75, 3.05) is 18.8 Å². The number of carbonyl (C=O) groups is 1. The maximum atomic E-state index is 12.1. The Morgan fingerprint density at radius 2 is 2.12 bits per heavy atom. The average molecular weight is 233 g/mol. The molecule has 0 aliphatic carbocycles. The van der Waals surface area contributed by atoms with Gasteiger partial charge in [-0.15, -0.1) is 0 Å². The summed E-state index contributed by atoms with van der Waals surface area (Å²) in [6, 6.07) is 5.80. The van der Waals surface area contributed by atoms with Gasteiger partial charge in [-0.25, -0.2) is 0 Å². The summed E-state index contributed by atoms with van der Waals surface area (Å²) < 4.78 is 0. The van der Waals surface area contributed by atoms with Crippen LogP contribution in [0.2, 0.25) is 0 Å². The third-order valence-electron chi connectivity index (χ3n) is 3.13. The predicted octanol–water partition coefficient (Wildman–Crippen LogP) is 1.06. The first-order chi connectivity index (χ1) is 8.16. The van der Waals surface area contributed by atoms with Crippen molar-refractivity contribution in [1.29, 1.82) is 0 Å². The van der Waals surface area contributed by atoms with Crippen LogP contribution in [0.4, 0.5) is 5.69 Å². The van der Waals surface area contributed by atoms with Crippen LogP contribution in [0.3, 0.4) is 0 Å². The number of nitrogens with one attached hydrogen (secondary N) is 2. The fourth-order valence-electron chi connectivity index (χ4n) is 2.10. The predicted molar refractivity (Wildman–Crippen MR) is 68.9 cm³/mol. The highest BCUT2D eigenvalue weighted by Crippen LogP contribution is 2.14. The molecule has 1 fully saturated rings. The van der Waals surface area contributed by atoms with E-state index in [1.165, 1.54) is 0 Å². The molecule has 4 nitrogen and oxygen atoms in total. The zero-order valence-corrected chi connectivity index (χ0v) is 10.1. The van der Waals surface area contributed by atoms with Gasteiger partial charge in [0.05, 0.1) is 5.56 Å². The number of nitrogen functional groups attached to an aromatic ring is 1. The molecule has 1 aromatic carbocycles. The van der Waals surface area contributed by atoms with E-state index < -0.39 is 0 Å². The average Bonchev–Trinajstić information content (AvgIpc) is 2.33. The summed E-state index contributed by atoms with van der Waals surface area (Å²) >= 11 is 0. The maximum absolute atomic E-state index is 12.1. The summed E-state index contributed by atoms with van der Waals surface area (Å²) in [5.74, 6) is -0.0573. The minimum Gasteiger partial charge on any atom is -0.398 e. The van der Waals surface area contributed by atoms with Gasteiger partial charge in [0.15, 0.2) is 0 Å². The zero-order chi connectivity index (χ0) is 12.3. The van der Waals surface area contributed by atoms with Crippen LogP contribution in [0.5, 0.6) is 0 Å². The number of piperidine rings is 1. The fraction of sp³-hybridized carbons (Fsp3) is 0.462. The Balaban J connectivity index is 2.05. The molecule has 4 heteroatoms. The second-order valence-corrected chi connectivity index (χ2v) is 4.59. The Hall–Kier alpha value is -1.55. The van der Waals surface area contributed by atoms with Gasteiger partial charge in [0.1, 0.15) is 0 Å². The Kier molecular flexibility index (Phi) is 3.64. The first kappa shape index (κ1) is 11.9. The molecule has 1 aliphatic rings. The van der Waals surface area contributed by atoms with Crippen molar-refractivity contribution in [3.63, 3.8) is 0 Å². The van der Waals surface area contributed by atoms with E-state index in [1.54, 1.807) is 6.07 Å². The van der Waals surface area contributed by atoms with Gasteiger partial charge >= 0.3 is 0 Å². The van der Waals surface area contributed by atoms with Gasteiger partial charge in [-0.1, -0.05) is 11.6 Å². The third-order valence-corrected chi connectivity index (χ3v) is 3.13. The second-order valence-electron chi connectivity index (χ2n) is 4.59. The quantitative estimate of drug-likeness (QED) is 0.669. The first-order valence-corrected chi connectivity index (χ1v) is 6.04. The smallest absolute Gasteiger partial charge is 0.253 e. The molecule has 0 unspecified atom stereocenters. The molecule has 0 radical (unpaired) electrons. The lowest BCUT2D eigenvalue weighted by molar-refractivity contribution is 0.0930. The number of hydrogen-bond donors (Lipinski definition) is 3. The van der Waals surface area contributed by atoms with E-state index >= 15 is 0 Å². The lowest BCUT2D eigenvalue weighted by Gasteiger charge is -2.24. The van der Waals surface area contributed by atoms with Crippen molar-refractivity contribution < 1.29 is 4.79 Å². The normalized spacial score (nSPS) is 16.8. The molecular weight excluding hydrogens is 214 g/mol. The Bertz CT molecular complexity index is 411. The van der Waals surface area contributed by atoms with Gasteiger partial charge in [0, 0.05) is 11.7 Å². The molecule has 17 heavy (non-hydrogen) atoms.